The molecule has 144 valence electrons. The molecule has 2 N–H and O–H groups in total. The number of benzene rings is 1. The summed E-state index contributed by atoms with van der Waals surface area (Å²) in [6.07, 6.45) is 1.49. The summed E-state index contributed by atoms with van der Waals surface area (Å²) in [7, 11) is 4.81. The van der Waals surface area contributed by atoms with Gasteiger partial charge in [0.15, 0.2) is 16.9 Å². The molecule has 1 aliphatic carbocycles. The standard InChI is InChI=1S/C21H25NO4S/c1-5-27-18-9-7-13-14(11-16(18)23)15(22)8-6-12-10-17(24-2)20(25-3)21(26-4)19(12)13/h7,9-11,15H,5-6,8,22H2,1-4H3/t15-/m0/s1. The highest BCUT2D eigenvalue weighted by atomic mass is 32.2. The van der Waals surface area contributed by atoms with Gasteiger partial charge in [-0.25, -0.2) is 0 Å². The first kappa shape index (κ1) is 19.6. The van der Waals surface area contributed by atoms with E-state index in [9.17, 15) is 4.79 Å². The van der Waals surface area contributed by atoms with Crippen LogP contribution in [0.25, 0.3) is 11.1 Å². The van der Waals surface area contributed by atoms with Crippen LogP contribution in [0.15, 0.2) is 34.0 Å². The Bertz CT molecular complexity index is 914. The van der Waals surface area contributed by atoms with Gasteiger partial charge < -0.3 is 19.9 Å². The number of aryl methyl sites for hydroxylation is 1. The molecule has 0 saturated heterocycles. The lowest BCUT2D eigenvalue weighted by atomic mass is 9.95. The number of hydrogen-bond acceptors (Lipinski definition) is 6. The van der Waals surface area contributed by atoms with Gasteiger partial charge in [-0.05, 0) is 53.5 Å². The van der Waals surface area contributed by atoms with Crippen molar-refractivity contribution in [1.82, 2.24) is 0 Å². The van der Waals surface area contributed by atoms with Gasteiger partial charge in [0.2, 0.25) is 5.75 Å². The fraction of sp³-hybridized carbons (Fsp3) is 0.381. The number of hydrogen-bond donors (Lipinski definition) is 1. The Hall–Kier alpha value is -2.18. The van der Waals surface area contributed by atoms with Gasteiger partial charge in [0.1, 0.15) is 0 Å². The highest BCUT2D eigenvalue weighted by molar-refractivity contribution is 7.99. The summed E-state index contributed by atoms with van der Waals surface area (Å²) in [5, 5.41) is 0. The highest BCUT2D eigenvalue weighted by Gasteiger charge is 2.27. The van der Waals surface area contributed by atoms with Gasteiger partial charge in [-0.2, -0.15) is 0 Å². The van der Waals surface area contributed by atoms with Crippen LogP contribution >= 0.6 is 11.8 Å². The first-order valence-corrected chi connectivity index (χ1v) is 9.93. The average molecular weight is 388 g/mol. The summed E-state index contributed by atoms with van der Waals surface area (Å²) < 4.78 is 16.8. The topological polar surface area (TPSA) is 70.8 Å². The van der Waals surface area contributed by atoms with Crippen molar-refractivity contribution in [2.24, 2.45) is 5.73 Å². The third-order valence-corrected chi connectivity index (χ3v) is 5.78. The minimum atomic E-state index is -0.228. The second-order valence-corrected chi connectivity index (χ2v) is 7.64. The minimum Gasteiger partial charge on any atom is -0.493 e. The summed E-state index contributed by atoms with van der Waals surface area (Å²) in [5.41, 5.74) is 10.2. The normalized spacial score (nSPS) is 15.4. The molecule has 0 aromatic heterocycles. The SMILES string of the molecule is CCSc1ccc2c(cc1=O)[C@@H](N)CCc1cc(OC)c(OC)c(OC)c1-2. The van der Waals surface area contributed by atoms with Crippen molar-refractivity contribution in [1.29, 1.82) is 0 Å². The van der Waals surface area contributed by atoms with E-state index in [1.54, 1.807) is 27.4 Å². The first-order chi connectivity index (χ1) is 13.0. The van der Waals surface area contributed by atoms with Crippen LogP contribution in [0.3, 0.4) is 0 Å². The van der Waals surface area contributed by atoms with E-state index >= 15 is 0 Å². The molecule has 0 fully saturated rings. The van der Waals surface area contributed by atoms with Gasteiger partial charge in [-0.1, -0.05) is 13.0 Å². The molecule has 3 rings (SSSR count). The largest absolute Gasteiger partial charge is 0.493 e. The summed E-state index contributed by atoms with van der Waals surface area (Å²) in [6, 6.07) is 7.29. The maximum Gasteiger partial charge on any atom is 0.203 e. The summed E-state index contributed by atoms with van der Waals surface area (Å²) in [5.74, 6) is 2.60. The molecule has 0 saturated carbocycles. The quantitative estimate of drug-likeness (QED) is 0.787. The molecule has 1 atom stereocenters. The fourth-order valence-electron chi connectivity index (χ4n) is 3.60. The number of thioether (sulfide) groups is 1. The molecular formula is C21H25NO4S. The summed E-state index contributed by atoms with van der Waals surface area (Å²) in [6.45, 7) is 2.03. The van der Waals surface area contributed by atoms with Gasteiger partial charge in [-0.15, -0.1) is 11.8 Å². The Balaban J connectivity index is 2.39. The van der Waals surface area contributed by atoms with E-state index in [0.717, 1.165) is 45.7 Å². The zero-order valence-corrected chi connectivity index (χ0v) is 16.9. The van der Waals surface area contributed by atoms with Crippen LogP contribution in [0.5, 0.6) is 17.2 Å². The molecule has 1 aliphatic rings. The summed E-state index contributed by atoms with van der Waals surface area (Å²) >= 11 is 1.54. The predicted octanol–water partition coefficient (Wildman–Crippen LogP) is 3.80. The Labute approximate surface area is 163 Å². The van der Waals surface area contributed by atoms with Crippen molar-refractivity contribution in [3.05, 3.63) is 45.6 Å². The molecule has 27 heavy (non-hydrogen) atoms. The molecule has 0 heterocycles. The van der Waals surface area contributed by atoms with Crippen molar-refractivity contribution in [2.75, 3.05) is 27.1 Å². The van der Waals surface area contributed by atoms with Crippen molar-refractivity contribution < 1.29 is 14.2 Å². The zero-order valence-electron chi connectivity index (χ0n) is 16.1. The van der Waals surface area contributed by atoms with Gasteiger partial charge in [0.25, 0.3) is 0 Å². The number of methoxy groups -OCH3 is 3. The predicted molar refractivity (Wildman–Crippen MR) is 109 cm³/mol. The van der Waals surface area contributed by atoms with E-state index in [1.165, 1.54) is 11.8 Å². The van der Waals surface area contributed by atoms with Crippen LogP contribution in [-0.4, -0.2) is 27.1 Å². The average Bonchev–Trinajstić information content (AvgIpc) is 2.91. The van der Waals surface area contributed by atoms with E-state index in [0.29, 0.717) is 17.2 Å². The second kappa shape index (κ2) is 8.23. The molecule has 6 heteroatoms. The van der Waals surface area contributed by atoms with Crippen LogP contribution in [0, 0.1) is 0 Å². The molecule has 0 spiro atoms. The number of nitrogens with two attached hydrogens (primary N) is 1. The van der Waals surface area contributed by atoms with E-state index in [2.05, 4.69) is 0 Å². The molecular weight excluding hydrogens is 362 g/mol. The molecule has 5 nitrogen and oxygen atoms in total. The zero-order chi connectivity index (χ0) is 19.6. The van der Waals surface area contributed by atoms with Gasteiger partial charge in [-0.3, -0.25) is 4.79 Å². The van der Waals surface area contributed by atoms with Crippen molar-refractivity contribution in [2.45, 2.75) is 30.7 Å². The third kappa shape index (κ3) is 3.51. The van der Waals surface area contributed by atoms with E-state index in [4.69, 9.17) is 19.9 Å². The van der Waals surface area contributed by atoms with E-state index in [1.807, 2.05) is 25.1 Å². The van der Waals surface area contributed by atoms with E-state index < -0.39 is 0 Å². The van der Waals surface area contributed by atoms with Crippen LogP contribution in [-0.2, 0) is 6.42 Å². The summed E-state index contributed by atoms with van der Waals surface area (Å²) in [4.78, 5) is 13.4. The first-order valence-electron chi connectivity index (χ1n) is 8.94. The van der Waals surface area contributed by atoms with Crippen LogP contribution in [0.1, 0.15) is 30.5 Å². The maximum atomic E-state index is 12.7. The molecule has 0 amide bonds. The van der Waals surface area contributed by atoms with E-state index in [-0.39, 0.29) is 11.5 Å². The highest BCUT2D eigenvalue weighted by Crippen LogP contribution is 2.49. The lowest BCUT2D eigenvalue weighted by Gasteiger charge is -2.19. The van der Waals surface area contributed by atoms with Crippen molar-refractivity contribution in [3.63, 3.8) is 0 Å². The Morgan fingerprint density at radius 2 is 1.85 bits per heavy atom. The van der Waals surface area contributed by atoms with Gasteiger partial charge >= 0.3 is 0 Å². The van der Waals surface area contributed by atoms with Crippen molar-refractivity contribution >= 4 is 11.8 Å². The lowest BCUT2D eigenvalue weighted by Crippen LogP contribution is -2.12. The number of ether oxygens (including phenoxy) is 3. The van der Waals surface area contributed by atoms with Crippen LogP contribution in [0.4, 0.5) is 0 Å². The third-order valence-electron chi connectivity index (χ3n) is 4.85. The Morgan fingerprint density at radius 1 is 1.11 bits per heavy atom. The molecule has 0 unspecified atom stereocenters. The Kier molecular flexibility index (Phi) is 5.97. The maximum absolute atomic E-state index is 12.7. The molecule has 2 aromatic rings. The van der Waals surface area contributed by atoms with Gasteiger partial charge in [0.05, 0.1) is 26.2 Å². The Morgan fingerprint density at radius 3 is 2.48 bits per heavy atom. The molecule has 2 aromatic carbocycles. The molecule has 0 radical (unpaired) electrons. The smallest absolute Gasteiger partial charge is 0.203 e. The fourth-order valence-corrected chi connectivity index (χ4v) is 4.28. The number of fused-ring (bicyclic) bond motifs is 3. The second-order valence-electron chi connectivity index (χ2n) is 6.33. The van der Waals surface area contributed by atoms with Crippen molar-refractivity contribution in [3.8, 4) is 28.4 Å². The molecule has 0 aliphatic heterocycles. The molecule has 0 bridgehead atoms. The number of rotatable bonds is 5. The van der Waals surface area contributed by atoms with Crippen LogP contribution < -0.4 is 25.4 Å². The minimum absolute atomic E-state index is 0.00134. The van der Waals surface area contributed by atoms with Gasteiger partial charge in [0, 0.05) is 11.6 Å². The van der Waals surface area contributed by atoms with Crippen LogP contribution in [0.2, 0.25) is 0 Å². The lowest BCUT2D eigenvalue weighted by molar-refractivity contribution is 0.324. The monoisotopic (exact) mass is 387 g/mol.